The van der Waals surface area contributed by atoms with Gasteiger partial charge in [0.2, 0.25) is 0 Å². The van der Waals surface area contributed by atoms with E-state index >= 15 is 0 Å². The van der Waals surface area contributed by atoms with E-state index < -0.39 is 17.7 Å². The Morgan fingerprint density at radius 2 is 2.08 bits per heavy atom. The minimum Gasteiger partial charge on any atom is -0.478 e. The molecule has 0 fully saturated rings. The van der Waals surface area contributed by atoms with Crippen LogP contribution in [0.3, 0.4) is 0 Å². The summed E-state index contributed by atoms with van der Waals surface area (Å²) in [5.41, 5.74) is 0.846. The molecule has 1 aliphatic rings. The van der Waals surface area contributed by atoms with Gasteiger partial charge >= 0.3 is 5.97 Å². The first kappa shape index (κ1) is 16.6. The van der Waals surface area contributed by atoms with Crippen molar-refractivity contribution in [3.05, 3.63) is 50.7 Å². The van der Waals surface area contributed by atoms with Gasteiger partial charge in [-0.15, -0.1) is 11.3 Å². The SMILES string of the molecule is O=C(O)c1ccc(C(=O)NCCc2nc3c(s2)CCCC3)c(F)c1. The summed E-state index contributed by atoms with van der Waals surface area (Å²) in [6, 6.07) is 3.26. The fourth-order valence-corrected chi connectivity index (χ4v) is 3.88. The van der Waals surface area contributed by atoms with E-state index in [-0.39, 0.29) is 11.1 Å². The van der Waals surface area contributed by atoms with Crippen molar-refractivity contribution in [3.63, 3.8) is 0 Å². The maximum atomic E-state index is 13.8. The third-order valence-electron chi connectivity index (χ3n) is 3.98. The van der Waals surface area contributed by atoms with Crippen LogP contribution in [0.15, 0.2) is 18.2 Å². The lowest BCUT2D eigenvalue weighted by Gasteiger charge is -2.06. The number of carbonyl (C=O) groups excluding carboxylic acids is 1. The van der Waals surface area contributed by atoms with E-state index in [0.29, 0.717) is 13.0 Å². The number of hydrogen-bond donors (Lipinski definition) is 2. The molecule has 1 aromatic heterocycles. The number of carboxylic acid groups (broad SMARTS) is 1. The van der Waals surface area contributed by atoms with Crippen LogP contribution < -0.4 is 5.32 Å². The third-order valence-corrected chi connectivity index (χ3v) is 5.19. The second-order valence-corrected chi connectivity index (χ2v) is 6.86. The number of benzene rings is 1. The lowest BCUT2D eigenvalue weighted by atomic mass is 10.0. The largest absolute Gasteiger partial charge is 0.478 e. The Balaban J connectivity index is 1.57. The molecule has 0 spiro atoms. The summed E-state index contributed by atoms with van der Waals surface area (Å²) in [6.45, 7) is 0.366. The zero-order valence-electron chi connectivity index (χ0n) is 13.0. The van der Waals surface area contributed by atoms with Crippen LogP contribution in [0.1, 0.15) is 49.1 Å². The van der Waals surface area contributed by atoms with Crippen molar-refractivity contribution >= 4 is 23.2 Å². The zero-order chi connectivity index (χ0) is 17.1. The number of thiazole rings is 1. The molecule has 1 aromatic carbocycles. The van der Waals surface area contributed by atoms with Crippen LogP contribution in [-0.4, -0.2) is 28.5 Å². The van der Waals surface area contributed by atoms with Gasteiger partial charge in [-0.05, 0) is 43.9 Å². The number of halogens is 1. The van der Waals surface area contributed by atoms with Crippen LogP contribution in [0.4, 0.5) is 4.39 Å². The van der Waals surface area contributed by atoms with Crippen LogP contribution >= 0.6 is 11.3 Å². The zero-order valence-corrected chi connectivity index (χ0v) is 13.8. The predicted molar refractivity (Wildman–Crippen MR) is 88.2 cm³/mol. The number of aromatic carboxylic acids is 1. The molecule has 126 valence electrons. The summed E-state index contributed by atoms with van der Waals surface area (Å²) in [5.74, 6) is -2.61. The maximum Gasteiger partial charge on any atom is 0.335 e. The van der Waals surface area contributed by atoms with Gasteiger partial charge in [0.25, 0.3) is 5.91 Å². The quantitative estimate of drug-likeness (QED) is 0.871. The average molecular weight is 348 g/mol. The van der Waals surface area contributed by atoms with Crippen LogP contribution in [0, 0.1) is 5.82 Å². The Morgan fingerprint density at radius 3 is 2.79 bits per heavy atom. The molecule has 5 nitrogen and oxygen atoms in total. The molecule has 1 aliphatic carbocycles. The van der Waals surface area contributed by atoms with Gasteiger partial charge < -0.3 is 10.4 Å². The summed E-state index contributed by atoms with van der Waals surface area (Å²) in [4.78, 5) is 28.7. The van der Waals surface area contributed by atoms with Crippen molar-refractivity contribution in [2.24, 2.45) is 0 Å². The Bertz CT molecular complexity index is 765. The number of aryl methyl sites for hydroxylation is 2. The highest BCUT2D eigenvalue weighted by Gasteiger charge is 2.16. The molecule has 0 radical (unpaired) electrons. The summed E-state index contributed by atoms with van der Waals surface area (Å²) >= 11 is 1.69. The average Bonchev–Trinajstić information content (AvgIpc) is 2.97. The second kappa shape index (κ2) is 7.09. The molecule has 2 N–H and O–H groups in total. The van der Waals surface area contributed by atoms with Gasteiger partial charge in [0, 0.05) is 17.8 Å². The van der Waals surface area contributed by atoms with Gasteiger partial charge in [-0.2, -0.15) is 0 Å². The van der Waals surface area contributed by atoms with Crippen molar-refractivity contribution in [2.75, 3.05) is 6.54 Å². The van der Waals surface area contributed by atoms with E-state index in [1.165, 1.54) is 35.5 Å². The van der Waals surface area contributed by atoms with E-state index in [0.717, 1.165) is 23.9 Å². The van der Waals surface area contributed by atoms with E-state index in [9.17, 15) is 14.0 Å². The number of fused-ring (bicyclic) bond motifs is 1. The number of aromatic nitrogens is 1. The number of nitrogens with zero attached hydrogens (tertiary/aromatic N) is 1. The van der Waals surface area contributed by atoms with E-state index in [4.69, 9.17) is 5.11 Å². The van der Waals surface area contributed by atoms with Crippen molar-refractivity contribution in [1.29, 1.82) is 0 Å². The van der Waals surface area contributed by atoms with Gasteiger partial charge in [0.1, 0.15) is 5.82 Å². The fraction of sp³-hybridized carbons (Fsp3) is 0.353. The molecule has 0 saturated carbocycles. The molecule has 0 bridgehead atoms. The molecule has 0 unspecified atom stereocenters. The van der Waals surface area contributed by atoms with E-state index in [1.54, 1.807) is 11.3 Å². The molecule has 0 atom stereocenters. The number of rotatable bonds is 5. The highest BCUT2D eigenvalue weighted by molar-refractivity contribution is 7.11. The molecule has 1 amide bonds. The normalized spacial score (nSPS) is 13.4. The predicted octanol–water partition coefficient (Wildman–Crippen LogP) is 2.83. The highest BCUT2D eigenvalue weighted by Crippen LogP contribution is 2.26. The minimum absolute atomic E-state index is 0.154. The summed E-state index contributed by atoms with van der Waals surface area (Å²) in [5, 5.41) is 12.5. The molecular weight excluding hydrogens is 331 g/mol. The fourth-order valence-electron chi connectivity index (χ4n) is 2.72. The first-order valence-corrected chi connectivity index (χ1v) is 8.65. The van der Waals surface area contributed by atoms with Crippen molar-refractivity contribution < 1.29 is 19.1 Å². The standard InChI is InChI=1S/C17H17FN2O3S/c18-12-9-10(17(22)23)5-6-11(12)16(21)19-8-7-15-20-13-3-1-2-4-14(13)24-15/h5-6,9H,1-4,7-8H2,(H,19,21)(H,22,23). The molecule has 1 heterocycles. The summed E-state index contributed by atoms with van der Waals surface area (Å²) in [7, 11) is 0. The molecule has 7 heteroatoms. The maximum absolute atomic E-state index is 13.8. The lowest BCUT2D eigenvalue weighted by molar-refractivity contribution is 0.0695. The molecule has 2 aromatic rings. The third kappa shape index (κ3) is 3.62. The molecule has 0 aliphatic heterocycles. The van der Waals surface area contributed by atoms with Crippen molar-refractivity contribution in [1.82, 2.24) is 10.3 Å². The van der Waals surface area contributed by atoms with Gasteiger partial charge in [-0.1, -0.05) is 0 Å². The van der Waals surface area contributed by atoms with E-state index in [1.807, 2.05) is 0 Å². The number of carbonyl (C=O) groups is 2. The summed E-state index contributed by atoms with van der Waals surface area (Å²) < 4.78 is 13.8. The molecule has 3 rings (SSSR count). The van der Waals surface area contributed by atoms with Gasteiger partial charge in [0.05, 0.1) is 21.8 Å². The monoisotopic (exact) mass is 348 g/mol. The van der Waals surface area contributed by atoms with Gasteiger partial charge in [-0.3, -0.25) is 4.79 Å². The smallest absolute Gasteiger partial charge is 0.335 e. The lowest BCUT2D eigenvalue weighted by Crippen LogP contribution is -2.26. The first-order valence-electron chi connectivity index (χ1n) is 7.83. The second-order valence-electron chi connectivity index (χ2n) is 5.69. The Morgan fingerprint density at radius 1 is 1.29 bits per heavy atom. The highest BCUT2D eigenvalue weighted by atomic mass is 32.1. The molecule has 0 saturated heterocycles. The molecular formula is C17H17FN2O3S. The van der Waals surface area contributed by atoms with Crippen LogP contribution in [0.25, 0.3) is 0 Å². The van der Waals surface area contributed by atoms with Gasteiger partial charge in [-0.25, -0.2) is 14.2 Å². The number of hydrogen-bond acceptors (Lipinski definition) is 4. The van der Waals surface area contributed by atoms with E-state index in [2.05, 4.69) is 10.3 Å². The molecule has 24 heavy (non-hydrogen) atoms. The van der Waals surface area contributed by atoms with Crippen molar-refractivity contribution in [3.8, 4) is 0 Å². The van der Waals surface area contributed by atoms with Crippen molar-refractivity contribution in [2.45, 2.75) is 32.1 Å². The minimum atomic E-state index is -1.23. The number of amides is 1. The van der Waals surface area contributed by atoms with Gasteiger partial charge in [0.15, 0.2) is 0 Å². The Hall–Kier alpha value is -2.28. The number of carboxylic acids is 1. The van der Waals surface area contributed by atoms with Crippen LogP contribution in [0.5, 0.6) is 0 Å². The summed E-state index contributed by atoms with van der Waals surface area (Å²) in [6.07, 6.45) is 5.10. The first-order chi connectivity index (χ1) is 11.5. The van der Waals surface area contributed by atoms with Crippen LogP contribution in [-0.2, 0) is 19.3 Å². The Kier molecular flexibility index (Phi) is 4.89. The topological polar surface area (TPSA) is 79.3 Å². The number of nitrogens with one attached hydrogen (secondary N) is 1. The Labute approximate surface area is 142 Å². The van der Waals surface area contributed by atoms with Crippen LogP contribution in [0.2, 0.25) is 0 Å².